The van der Waals surface area contributed by atoms with E-state index in [-0.39, 0.29) is 5.97 Å². The molecule has 4 rings (SSSR count). The molecule has 1 unspecified atom stereocenters. The van der Waals surface area contributed by atoms with Crippen molar-refractivity contribution in [1.82, 2.24) is 4.98 Å². The van der Waals surface area contributed by atoms with Crippen LogP contribution >= 0.6 is 22.9 Å². The normalized spacial score (nSPS) is 16.6. The Morgan fingerprint density at radius 3 is 2.84 bits per heavy atom. The molecule has 0 amide bonds. The van der Waals surface area contributed by atoms with E-state index in [0.717, 1.165) is 52.9 Å². The average molecular weight is 453 g/mol. The van der Waals surface area contributed by atoms with E-state index in [0.29, 0.717) is 11.5 Å². The van der Waals surface area contributed by atoms with Crippen LogP contribution in [0.3, 0.4) is 0 Å². The van der Waals surface area contributed by atoms with Crippen molar-refractivity contribution in [3.63, 3.8) is 0 Å². The quantitative estimate of drug-likeness (QED) is 0.415. The zero-order valence-electron chi connectivity index (χ0n) is 17.7. The Kier molecular flexibility index (Phi) is 6.73. The van der Waals surface area contributed by atoms with E-state index in [4.69, 9.17) is 21.3 Å². The molecule has 31 heavy (non-hydrogen) atoms. The molecule has 1 aliphatic heterocycles. The third-order valence-electron chi connectivity index (χ3n) is 5.53. The van der Waals surface area contributed by atoms with Gasteiger partial charge >= 0.3 is 5.97 Å². The highest BCUT2D eigenvalue weighted by Crippen LogP contribution is 2.31. The van der Waals surface area contributed by atoms with Crippen LogP contribution in [-0.4, -0.2) is 31.2 Å². The van der Waals surface area contributed by atoms with Crippen LogP contribution in [0.15, 0.2) is 54.6 Å². The van der Waals surface area contributed by atoms with Crippen LogP contribution in [0, 0.1) is 12.8 Å². The molecular weight excluding hydrogens is 428 g/mol. The van der Waals surface area contributed by atoms with Crippen molar-refractivity contribution >= 4 is 40.7 Å². The summed E-state index contributed by atoms with van der Waals surface area (Å²) in [7, 11) is 1.41. The van der Waals surface area contributed by atoms with Gasteiger partial charge in [-0.1, -0.05) is 35.9 Å². The summed E-state index contributed by atoms with van der Waals surface area (Å²) in [5.74, 6) is 0.156. The summed E-state index contributed by atoms with van der Waals surface area (Å²) in [6.45, 7) is 3.99. The lowest BCUT2D eigenvalue weighted by molar-refractivity contribution is 0.0601. The number of aryl methyl sites for hydroxylation is 1. The van der Waals surface area contributed by atoms with Crippen molar-refractivity contribution < 1.29 is 9.53 Å². The number of rotatable bonds is 5. The second-order valence-corrected chi connectivity index (χ2v) is 9.19. The predicted octanol–water partition coefficient (Wildman–Crippen LogP) is 6.49. The monoisotopic (exact) mass is 452 g/mol. The Hall–Kier alpha value is -2.63. The number of carbonyl (C=O) groups excluding carboxylic acids is 1. The van der Waals surface area contributed by atoms with Gasteiger partial charge in [0.15, 0.2) is 0 Å². The van der Waals surface area contributed by atoms with E-state index >= 15 is 0 Å². The van der Waals surface area contributed by atoms with Crippen LogP contribution in [-0.2, 0) is 4.74 Å². The van der Waals surface area contributed by atoms with Crippen LogP contribution in [0.25, 0.3) is 16.6 Å². The highest BCUT2D eigenvalue weighted by atomic mass is 35.5. The number of halogens is 1. The average Bonchev–Trinajstić information content (AvgIpc) is 3.18. The molecule has 0 aliphatic carbocycles. The van der Waals surface area contributed by atoms with E-state index in [1.165, 1.54) is 12.0 Å². The summed E-state index contributed by atoms with van der Waals surface area (Å²) in [6.07, 6.45) is 6.80. The topological polar surface area (TPSA) is 42.4 Å². The van der Waals surface area contributed by atoms with Crippen molar-refractivity contribution in [3.05, 3.63) is 75.8 Å². The number of methoxy groups -OCH3 is 1. The van der Waals surface area contributed by atoms with Crippen LogP contribution in [0.4, 0.5) is 5.69 Å². The van der Waals surface area contributed by atoms with Gasteiger partial charge in [-0.3, -0.25) is 0 Å². The zero-order valence-corrected chi connectivity index (χ0v) is 19.2. The molecule has 6 heteroatoms. The standard InChI is InChI=1S/C25H25ClN2O2S/c1-17-23(31-24(27-17)19-9-11-21(26)12-10-19)13-8-18-5-4-14-28(16-18)22-7-3-6-20(15-22)25(29)30-2/h3,6-13,15,18H,4-5,14,16H2,1-2H3/b13-8+. The second kappa shape index (κ2) is 9.67. The van der Waals surface area contributed by atoms with Gasteiger partial charge in [0.1, 0.15) is 5.01 Å². The smallest absolute Gasteiger partial charge is 0.337 e. The Morgan fingerprint density at radius 1 is 1.26 bits per heavy atom. The first-order chi connectivity index (χ1) is 15.0. The molecule has 2 aromatic carbocycles. The molecule has 0 spiro atoms. The highest BCUT2D eigenvalue weighted by molar-refractivity contribution is 7.16. The Balaban J connectivity index is 1.46. The summed E-state index contributed by atoms with van der Waals surface area (Å²) in [5, 5.41) is 1.75. The highest BCUT2D eigenvalue weighted by Gasteiger charge is 2.19. The number of carbonyl (C=O) groups is 1. The van der Waals surface area contributed by atoms with E-state index in [1.807, 2.05) is 36.4 Å². The summed E-state index contributed by atoms with van der Waals surface area (Å²) in [5.41, 5.74) is 3.80. The SMILES string of the molecule is COC(=O)c1cccc(N2CCCC(/C=C/c3sc(-c4ccc(Cl)cc4)nc3C)C2)c1. The lowest BCUT2D eigenvalue weighted by atomic mass is 9.96. The molecule has 1 atom stereocenters. The van der Waals surface area contributed by atoms with Gasteiger partial charge in [0.05, 0.1) is 23.2 Å². The van der Waals surface area contributed by atoms with E-state index in [9.17, 15) is 4.79 Å². The molecule has 0 N–H and O–H groups in total. The number of ether oxygens (including phenoxy) is 1. The minimum absolute atomic E-state index is 0.299. The van der Waals surface area contributed by atoms with Gasteiger partial charge in [-0.15, -0.1) is 11.3 Å². The maximum absolute atomic E-state index is 11.9. The lowest BCUT2D eigenvalue weighted by Gasteiger charge is -2.33. The maximum atomic E-state index is 11.9. The molecule has 3 aromatic rings. The number of anilines is 1. The number of hydrogen-bond donors (Lipinski definition) is 0. The maximum Gasteiger partial charge on any atom is 0.337 e. The van der Waals surface area contributed by atoms with Gasteiger partial charge < -0.3 is 9.64 Å². The van der Waals surface area contributed by atoms with Gasteiger partial charge in [-0.25, -0.2) is 9.78 Å². The van der Waals surface area contributed by atoms with E-state index in [2.05, 4.69) is 30.0 Å². The van der Waals surface area contributed by atoms with Crippen molar-refractivity contribution in [1.29, 1.82) is 0 Å². The third-order valence-corrected chi connectivity index (χ3v) is 6.96. The van der Waals surface area contributed by atoms with E-state index < -0.39 is 0 Å². The number of benzene rings is 2. The molecule has 4 nitrogen and oxygen atoms in total. The van der Waals surface area contributed by atoms with Gasteiger partial charge in [-0.05, 0) is 62.1 Å². The van der Waals surface area contributed by atoms with Gasteiger partial charge in [0.25, 0.3) is 0 Å². The zero-order chi connectivity index (χ0) is 21.8. The summed E-state index contributed by atoms with van der Waals surface area (Å²) in [4.78, 5) is 20.1. The first kappa shape index (κ1) is 21.6. The van der Waals surface area contributed by atoms with Crippen molar-refractivity contribution in [2.24, 2.45) is 5.92 Å². The summed E-state index contributed by atoms with van der Waals surface area (Å²) >= 11 is 7.71. The number of nitrogens with zero attached hydrogens (tertiary/aromatic N) is 2. The van der Waals surface area contributed by atoms with Crippen LogP contribution in [0.5, 0.6) is 0 Å². The molecule has 2 heterocycles. The molecule has 0 bridgehead atoms. The number of thiazole rings is 1. The van der Waals surface area contributed by atoms with E-state index in [1.54, 1.807) is 17.4 Å². The number of aromatic nitrogens is 1. The van der Waals surface area contributed by atoms with Crippen LogP contribution < -0.4 is 4.90 Å². The van der Waals surface area contributed by atoms with Gasteiger partial charge in [0, 0.05) is 29.4 Å². The molecule has 1 fully saturated rings. The summed E-state index contributed by atoms with van der Waals surface area (Å²) < 4.78 is 4.86. The van der Waals surface area contributed by atoms with Crippen molar-refractivity contribution in [3.8, 4) is 10.6 Å². The minimum Gasteiger partial charge on any atom is -0.465 e. The van der Waals surface area contributed by atoms with Crippen molar-refractivity contribution in [2.75, 3.05) is 25.1 Å². The fraction of sp³-hybridized carbons (Fsp3) is 0.280. The second-order valence-electron chi connectivity index (χ2n) is 7.72. The fourth-order valence-corrected chi connectivity index (χ4v) is 4.96. The molecule has 0 saturated carbocycles. The molecule has 1 saturated heterocycles. The number of esters is 1. The van der Waals surface area contributed by atoms with Crippen LogP contribution in [0.1, 0.15) is 33.8 Å². The molecule has 1 aromatic heterocycles. The number of piperidine rings is 1. The molecule has 0 radical (unpaired) electrons. The predicted molar refractivity (Wildman–Crippen MR) is 129 cm³/mol. The fourth-order valence-electron chi connectivity index (χ4n) is 3.85. The summed E-state index contributed by atoms with van der Waals surface area (Å²) in [6, 6.07) is 15.5. The number of hydrogen-bond acceptors (Lipinski definition) is 5. The molecule has 1 aliphatic rings. The van der Waals surface area contributed by atoms with Gasteiger partial charge in [-0.2, -0.15) is 0 Å². The first-order valence-electron chi connectivity index (χ1n) is 10.4. The molecular formula is C25H25ClN2O2S. The minimum atomic E-state index is -0.299. The van der Waals surface area contributed by atoms with Crippen LogP contribution in [0.2, 0.25) is 5.02 Å². The lowest BCUT2D eigenvalue weighted by Crippen LogP contribution is -2.34. The first-order valence-corrected chi connectivity index (χ1v) is 11.6. The Labute approximate surface area is 192 Å². The Morgan fingerprint density at radius 2 is 2.06 bits per heavy atom. The third kappa shape index (κ3) is 5.17. The Bertz CT molecular complexity index is 1090. The van der Waals surface area contributed by atoms with Crippen molar-refractivity contribution in [2.45, 2.75) is 19.8 Å². The largest absolute Gasteiger partial charge is 0.465 e. The molecule has 160 valence electrons. The van der Waals surface area contributed by atoms with Gasteiger partial charge in [0.2, 0.25) is 0 Å².